The fraction of sp³-hybridized carbons (Fsp3) is 0.692. The zero-order valence-corrected chi connectivity index (χ0v) is 11.8. The minimum atomic E-state index is -0.454. The van der Waals surface area contributed by atoms with Gasteiger partial charge in [0.05, 0.1) is 6.10 Å². The van der Waals surface area contributed by atoms with Gasteiger partial charge in [-0.2, -0.15) is 5.10 Å². The van der Waals surface area contributed by atoms with Crippen LogP contribution in [0.15, 0.2) is 12.3 Å². The first-order valence-electron chi connectivity index (χ1n) is 6.20. The molecule has 0 aliphatic heterocycles. The molecule has 2 N–H and O–H groups in total. The van der Waals surface area contributed by atoms with Crippen LogP contribution >= 0.6 is 0 Å². The summed E-state index contributed by atoms with van der Waals surface area (Å²) in [6, 6.07) is 1.67. The van der Waals surface area contributed by atoms with Gasteiger partial charge in [-0.25, -0.2) is 0 Å². The van der Waals surface area contributed by atoms with E-state index in [-0.39, 0.29) is 17.2 Å². The van der Waals surface area contributed by atoms with Gasteiger partial charge in [0.1, 0.15) is 5.69 Å². The molecule has 1 amide bonds. The van der Waals surface area contributed by atoms with Crippen molar-refractivity contribution in [1.29, 1.82) is 0 Å². The zero-order valence-electron chi connectivity index (χ0n) is 11.8. The smallest absolute Gasteiger partial charge is 0.269 e. The van der Waals surface area contributed by atoms with E-state index in [9.17, 15) is 9.90 Å². The molecule has 0 saturated heterocycles. The highest BCUT2D eigenvalue weighted by Gasteiger charge is 2.30. The quantitative estimate of drug-likeness (QED) is 0.828. The van der Waals surface area contributed by atoms with Crippen LogP contribution < -0.4 is 5.32 Å². The van der Waals surface area contributed by atoms with E-state index in [1.54, 1.807) is 19.3 Å². The largest absolute Gasteiger partial charge is 0.392 e. The SMILES string of the molecule is CC(C)C(O)C(C)(C)CNC(=O)c1ccnn1C. The van der Waals surface area contributed by atoms with Crippen LogP contribution in [-0.4, -0.2) is 33.4 Å². The molecule has 1 unspecified atom stereocenters. The summed E-state index contributed by atoms with van der Waals surface area (Å²) >= 11 is 0. The molecular weight excluding hydrogens is 230 g/mol. The molecule has 0 saturated carbocycles. The fourth-order valence-electron chi connectivity index (χ4n) is 2.00. The van der Waals surface area contributed by atoms with Crippen molar-refractivity contribution in [3.8, 4) is 0 Å². The van der Waals surface area contributed by atoms with Gasteiger partial charge >= 0.3 is 0 Å². The van der Waals surface area contributed by atoms with Crippen molar-refractivity contribution in [1.82, 2.24) is 15.1 Å². The zero-order chi connectivity index (χ0) is 13.9. The lowest BCUT2D eigenvalue weighted by Gasteiger charge is -2.33. The summed E-state index contributed by atoms with van der Waals surface area (Å²) in [5.41, 5.74) is 0.160. The normalized spacial score (nSPS) is 13.7. The number of rotatable bonds is 5. The second kappa shape index (κ2) is 5.52. The Bertz CT molecular complexity index is 410. The van der Waals surface area contributed by atoms with Crippen molar-refractivity contribution in [2.75, 3.05) is 6.54 Å². The Hall–Kier alpha value is -1.36. The van der Waals surface area contributed by atoms with E-state index in [1.807, 2.05) is 27.7 Å². The Balaban J connectivity index is 2.60. The summed E-state index contributed by atoms with van der Waals surface area (Å²) in [5, 5.41) is 16.9. The number of aryl methyl sites for hydroxylation is 1. The van der Waals surface area contributed by atoms with Crippen molar-refractivity contribution in [2.24, 2.45) is 18.4 Å². The Morgan fingerprint density at radius 3 is 2.61 bits per heavy atom. The number of hydrogen-bond donors (Lipinski definition) is 2. The van der Waals surface area contributed by atoms with E-state index in [1.165, 1.54) is 4.68 Å². The maximum absolute atomic E-state index is 11.9. The molecule has 1 atom stereocenters. The number of amides is 1. The van der Waals surface area contributed by atoms with Crippen LogP contribution in [0.25, 0.3) is 0 Å². The third kappa shape index (κ3) is 3.32. The van der Waals surface area contributed by atoms with Crippen LogP contribution in [0, 0.1) is 11.3 Å². The molecule has 1 rings (SSSR count). The lowest BCUT2D eigenvalue weighted by Crippen LogP contribution is -2.43. The van der Waals surface area contributed by atoms with Gasteiger partial charge in [-0.3, -0.25) is 9.48 Å². The van der Waals surface area contributed by atoms with E-state index >= 15 is 0 Å². The van der Waals surface area contributed by atoms with E-state index in [2.05, 4.69) is 10.4 Å². The summed E-state index contributed by atoms with van der Waals surface area (Å²) in [7, 11) is 1.73. The molecule has 102 valence electrons. The fourth-order valence-corrected chi connectivity index (χ4v) is 2.00. The molecule has 18 heavy (non-hydrogen) atoms. The predicted octanol–water partition coefficient (Wildman–Crippen LogP) is 1.19. The van der Waals surface area contributed by atoms with Gasteiger partial charge in [-0.05, 0) is 12.0 Å². The van der Waals surface area contributed by atoms with Gasteiger partial charge in [-0.1, -0.05) is 27.7 Å². The highest BCUT2D eigenvalue weighted by atomic mass is 16.3. The monoisotopic (exact) mass is 253 g/mol. The first-order valence-corrected chi connectivity index (χ1v) is 6.20. The van der Waals surface area contributed by atoms with Crippen molar-refractivity contribution in [3.63, 3.8) is 0 Å². The minimum Gasteiger partial charge on any atom is -0.392 e. The van der Waals surface area contributed by atoms with Crippen molar-refractivity contribution < 1.29 is 9.90 Å². The molecular formula is C13H23N3O2. The lowest BCUT2D eigenvalue weighted by atomic mass is 9.80. The maximum Gasteiger partial charge on any atom is 0.269 e. The van der Waals surface area contributed by atoms with Gasteiger partial charge < -0.3 is 10.4 Å². The van der Waals surface area contributed by atoms with Crippen LogP contribution in [0.4, 0.5) is 0 Å². The second-order valence-electron chi connectivity index (χ2n) is 5.70. The topological polar surface area (TPSA) is 67.2 Å². The highest BCUT2D eigenvalue weighted by molar-refractivity contribution is 5.92. The molecule has 1 aromatic rings. The van der Waals surface area contributed by atoms with Crippen LogP contribution in [-0.2, 0) is 7.05 Å². The number of nitrogens with zero attached hydrogens (tertiary/aromatic N) is 2. The molecule has 1 heterocycles. The number of aliphatic hydroxyl groups is 1. The standard InChI is InChI=1S/C13H23N3O2/c1-9(2)11(17)13(3,4)8-14-12(18)10-6-7-15-16(10)5/h6-7,9,11,17H,8H2,1-5H3,(H,14,18). The number of nitrogens with one attached hydrogen (secondary N) is 1. The third-order valence-corrected chi connectivity index (χ3v) is 3.19. The van der Waals surface area contributed by atoms with Gasteiger partial charge in [0.25, 0.3) is 5.91 Å². The molecule has 0 aromatic carbocycles. The number of aromatic nitrogens is 2. The number of hydrogen-bond acceptors (Lipinski definition) is 3. The van der Waals surface area contributed by atoms with E-state index in [0.717, 1.165) is 0 Å². The molecule has 5 heteroatoms. The first kappa shape index (κ1) is 14.7. The molecule has 0 spiro atoms. The summed E-state index contributed by atoms with van der Waals surface area (Å²) in [6.45, 7) is 8.25. The van der Waals surface area contributed by atoms with E-state index in [4.69, 9.17) is 0 Å². The number of carbonyl (C=O) groups is 1. The molecule has 0 bridgehead atoms. The molecule has 5 nitrogen and oxygen atoms in total. The van der Waals surface area contributed by atoms with Crippen LogP contribution in [0.3, 0.4) is 0 Å². The number of aliphatic hydroxyl groups excluding tert-OH is 1. The molecule has 0 aliphatic rings. The first-order chi connectivity index (χ1) is 8.25. The number of carbonyl (C=O) groups excluding carboxylic acids is 1. The van der Waals surface area contributed by atoms with E-state index < -0.39 is 6.10 Å². The Labute approximate surface area is 108 Å². The highest BCUT2D eigenvalue weighted by Crippen LogP contribution is 2.25. The van der Waals surface area contributed by atoms with Crippen LogP contribution in [0.1, 0.15) is 38.2 Å². The van der Waals surface area contributed by atoms with Crippen molar-refractivity contribution in [3.05, 3.63) is 18.0 Å². The third-order valence-electron chi connectivity index (χ3n) is 3.19. The van der Waals surface area contributed by atoms with Gasteiger partial charge in [-0.15, -0.1) is 0 Å². The summed E-state index contributed by atoms with van der Waals surface area (Å²) in [5.74, 6) is -0.00682. The van der Waals surface area contributed by atoms with Gasteiger partial charge in [0, 0.05) is 25.2 Å². The Morgan fingerprint density at radius 2 is 2.17 bits per heavy atom. The molecule has 0 fully saturated rings. The average molecular weight is 253 g/mol. The molecule has 0 aliphatic carbocycles. The Morgan fingerprint density at radius 1 is 1.56 bits per heavy atom. The van der Waals surface area contributed by atoms with Crippen LogP contribution in [0.5, 0.6) is 0 Å². The average Bonchev–Trinajstić information content (AvgIpc) is 2.71. The predicted molar refractivity (Wildman–Crippen MR) is 70.2 cm³/mol. The van der Waals surface area contributed by atoms with Crippen LogP contribution in [0.2, 0.25) is 0 Å². The summed E-state index contributed by atoms with van der Waals surface area (Å²) < 4.78 is 1.53. The second-order valence-corrected chi connectivity index (χ2v) is 5.70. The lowest BCUT2D eigenvalue weighted by molar-refractivity contribution is 0.0137. The Kier molecular flexibility index (Phi) is 4.51. The maximum atomic E-state index is 11.9. The summed E-state index contributed by atoms with van der Waals surface area (Å²) in [4.78, 5) is 11.9. The summed E-state index contributed by atoms with van der Waals surface area (Å²) in [6.07, 6.45) is 1.13. The van der Waals surface area contributed by atoms with Crippen molar-refractivity contribution >= 4 is 5.91 Å². The molecule has 0 radical (unpaired) electrons. The van der Waals surface area contributed by atoms with Gasteiger partial charge in [0.2, 0.25) is 0 Å². The molecule has 1 aromatic heterocycles. The van der Waals surface area contributed by atoms with E-state index in [0.29, 0.717) is 12.2 Å². The van der Waals surface area contributed by atoms with Gasteiger partial charge in [0.15, 0.2) is 0 Å². The van der Waals surface area contributed by atoms with Crippen molar-refractivity contribution in [2.45, 2.75) is 33.8 Å². The minimum absolute atomic E-state index is 0.161.